The molecule has 4 heterocycles. The molecule has 1 amide bonds. The van der Waals surface area contributed by atoms with Gasteiger partial charge in [0.15, 0.2) is 0 Å². The molecule has 0 bridgehead atoms. The van der Waals surface area contributed by atoms with Gasteiger partial charge in [-0.1, -0.05) is 11.3 Å². The molecule has 1 aromatic heterocycles. The molecule has 0 radical (unpaired) electrons. The van der Waals surface area contributed by atoms with Crippen LogP contribution in [0.5, 0.6) is 5.19 Å². The Morgan fingerprint density at radius 3 is 2.29 bits per heavy atom. The Morgan fingerprint density at radius 1 is 0.971 bits per heavy atom. The molecule has 0 N–H and O–H groups in total. The van der Waals surface area contributed by atoms with Crippen LogP contribution in [0.15, 0.2) is 40.7 Å². The van der Waals surface area contributed by atoms with Crippen LogP contribution in [0.1, 0.15) is 36.0 Å². The molecule has 0 aliphatic carbocycles. The van der Waals surface area contributed by atoms with Gasteiger partial charge in [-0.3, -0.25) is 9.69 Å². The van der Waals surface area contributed by atoms with Gasteiger partial charge in [0.25, 0.3) is 11.1 Å². The highest BCUT2D eigenvalue weighted by atomic mass is 32.2. The molecule has 0 spiro atoms. The first-order chi connectivity index (χ1) is 17.0. The van der Waals surface area contributed by atoms with Crippen molar-refractivity contribution < 1.29 is 22.7 Å². The Bertz CT molecular complexity index is 1070. The van der Waals surface area contributed by atoms with Gasteiger partial charge < -0.3 is 14.4 Å². The molecule has 0 unspecified atom stereocenters. The van der Waals surface area contributed by atoms with E-state index in [4.69, 9.17) is 9.47 Å². The predicted molar refractivity (Wildman–Crippen MR) is 132 cm³/mol. The van der Waals surface area contributed by atoms with Crippen molar-refractivity contribution in [1.29, 1.82) is 0 Å². The average molecular weight is 521 g/mol. The normalized spacial score (nSPS) is 21.8. The van der Waals surface area contributed by atoms with Crippen LogP contribution in [-0.4, -0.2) is 98.0 Å². The molecule has 2 aromatic rings. The van der Waals surface area contributed by atoms with Crippen LogP contribution < -0.4 is 4.74 Å². The number of carbonyl (C=O) groups excluding carboxylic acids is 1. The second-order valence-corrected chi connectivity index (χ2v) is 12.0. The summed E-state index contributed by atoms with van der Waals surface area (Å²) >= 11 is 1.53. The summed E-state index contributed by atoms with van der Waals surface area (Å²) in [6, 6.07) is 6.84. The van der Waals surface area contributed by atoms with Crippen LogP contribution in [0, 0.1) is 0 Å². The number of aromatic nitrogens is 1. The van der Waals surface area contributed by atoms with E-state index in [-0.39, 0.29) is 16.9 Å². The Balaban J connectivity index is 1.10. The monoisotopic (exact) mass is 520 g/mol. The summed E-state index contributed by atoms with van der Waals surface area (Å²) in [6.45, 7) is 4.97. The summed E-state index contributed by atoms with van der Waals surface area (Å²) in [5.41, 5.74) is 0.532. The number of amides is 1. The van der Waals surface area contributed by atoms with Crippen molar-refractivity contribution in [2.75, 3.05) is 52.5 Å². The van der Waals surface area contributed by atoms with Crippen molar-refractivity contribution in [2.45, 2.75) is 42.7 Å². The van der Waals surface area contributed by atoms with Gasteiger partial charge in [0.05, 0.1) is 18.1 Å². The number of carbonyl (C=O) groups is 1. The number of sulfonamides is 1. The van der Waals surface area contributed by atoms with E-state index in [2.05, 4.69) is 9.88 Å². The minimum atomic E-state index is -3.56. The number of morpholine rings is 1. The first kappa shape index (κ1) is 24.6. The lowest BCUT2D eigenvalue weighted by molar-refractivity contribution is 0.0425. The SMILES string of the molecule is O=C(c1ccc(S(=O)(=O)N2CCOCC2)cc1)N1CCC(N2CCC(Oc3nccs3)CC2)CC1. The van der Waals surface area contributed by atoms with E-state index in [9.17, 15) is 13.2 Å². The van der Waals surface area contributed by atoms with Crippen molar-refractivity contribution in [3.8, 4) is 5.19 Å². The zero-order chi connectivity index (χ0) is 24.3. The minimum Gasteiger partial charge on any atom is -0.467 e. The fraction of sp³-hybridized carbons (Fsp3) is 0.583. The third kappa shape index (κ3) is 5.69. The average Bonchev–Trinajstić information content (AvgIpc) is 3.42. The Kier molecular flexibility index (Phi) is 7.68. The van der Waals surface area contributed by atoms with Gasteiger partial charge in [0.1, 0.15) is 6.10 Å². The highest BCUT2D eigenvalue weighted by Gasteiger charge is 2.31. The van der Waals surface area contributed by atoms with Gasteiger partial charge in [-0.2, -0.15) is 4.31 Å². The Morgan fingerprint density at radius 2 is 1.66 bits per heavy atom. The number of ether oxygens (including phenoxy) is 2. The van der Waals surface area contributed by atoms with Crippen LogP contribution in [-0.2, 0) is 14.8 Å². The summed E-state index contributed by atoms with van der Waals surface area (Å²) in [5, 5.41) is 2.68. The summed E-state index contributed by atoms with van der Waals surface area (Å²) in [5.74, 6) is -0.0330. The number of rotatable bonds is 6. The standard InChI is InChI=1S/C24H32N4O5S2/c29-23(19-1-3-22(4-2-19)35(30,31)28-14-16-32-17-15-28)27-10-5-20(6-11-27)26-12-7-21(8-13-26)33-24-25-9-18-34-24/h1-4,9,18,20-21H,5-8,10-17H2. The van der Waals surface area contributed by atoms with Crippen LogP contribution in [0.4, 0.5) is 0 Å². The molecular formula is C24H32N4O5S2. The van der Waals surface area contributed by atoms with E-state index in [0.29, 0.717) is 51.0 Å². The van der Waals surface area contributed by atoms with Crippen LogP contribution >= 0.6 is 11.3 Å². The summed E-state index contributed by atoms with van der Waals surface area (Å²) in [6.07, 6.45) is 5.90. The minimum absolute atomic E-state index is 0.0330. The summed E-state index contributed by atoms with van der Waals surface area (Å²) in [7, 11) is -3.56. The summed E-state index contributed by atoms with van der Waals surface area (Å²) < 4.78 is 38.3. The molecule has 3 aliphatic rings. The number of nitrogens with zero attached hydrogens (tertiary/aromatic N) is 4. The first-order valence-corrected chi connectivity index (χ1v) is 14.6. The molecule has 190 valence electrons. The van der Waals surface area contributed by atoms with Crippen molar-refractivity contribution in [3.05, 3.63) is 41.4 Å². The topological polar surface area (TPSA) is 92.3 Å². The predicted octanol–water partition coefficient (Wildman–Crippen LogP) is 2.31. The maximum absolute atomic E-state index is 13.1. The molecule has 11 heteroatoms. The van der Waals surface area contributed by atoms with Crippen LogP contribution in [0.25, 0.3) is 0 Å². The highest BCUT2D eigenvalue weighted by Crippen LogP contribution is 2.26. The lowest BCUT2D eigenvalue weighted by Gasteiger charge is -2.41. The largest absolute Gasteiger partial charge is 0.467 e. The first-order valence-electron chi connectivity index (χ1n) is 12.3. The maximum Gasteiger partial charge on any atom is 0.273 e. The molecule has 0 atom stereocenters. The number of hydrogen-bond donors (Lipinski definition) is 0. The van der Waals surface area contributed by atoms with E-state index >= 15 is 0 Å². The number of likely N-dealkylation sites (tertiary alicyclic amines) is 2. The van der Waals surface area contributed by atoms with E-state index in [0.717, 1.165) is 44.0 Å². The fourth-order valence-corrected chi connectivity index (χ4v) is 7.05. The van der Waals surface area contributed by atoms with E-state index < -0.39 is 10.0 Å². The van der Waals surface area contributed by atoms with Gasteiger partial charge in [0.2, 0.25) is 10.0 Å². The van der Waals surface area contributed by atoms with Gasteiger partial charge >= 0.3 is 0 Å². The van der Waals surface area contributed by atoms with Gasteiger partial charge in [-0.15, -0.1) is 0 Å². The highest BCUT2D eigenvalue weighted by molar-refractivity contribution is 7.89. The van der Waals surface area contributed by atoms with Crippen molar-refractivity contribution >= 4 is 27.3 Å². The molecule has 3 fully saturated rings. The smallest absolute Gasteiger partial charge is 0.273 e. The van der Waals surface area contributed by atoms with E-state index in [1.54, 1.807) is 30.5 Å². The number of benzene rings is 1. The molecule has 1 aromatic carbocycles. The number of thiazole rings is 1. The van der Waals surface area contributed by atoms with Crippen LogP contribution in [0.3, 0.4) is 0 Å². The molecule has 0 saturated carbocycles. The molecule has 35 heavy (non-hydrogen) atoms. The Hall–Kier alpha value is -2.05. The third-order valence-corrected chi connectivity index (χ3v) is 9.70. The second kappa shape index (κ2) is 10.9. The lowest BCUT2D eigenvalue weighted by atomic mass is 9.98. The second-order valence-electron chi connectivity index (χ2n) is 9.22. The van der Waals surface area contributed by atoms with Crippen molar-refractivity contribution in [1.82, 2.24) is 19.1 Å². The molecule has 3 saturated heterocycles. The molecular weight excluding hydrogens is 488 g/mol. The number of hydrogen-bond acceptors (Lipinski definition) is 8. The lowest BCUT2D eigenvalue weighted by Crippen LogP contribution is -2.50. The molecule has 3 aliphatic heterocycles. The molecule has 9 nitrogen and oxygen atoms in total. The fourth-order valence-electron chi connectivity index (χ4n) is 5.09. The van der Waals surface area contributed by atoms with Crippen molar-refractivity contribution in [2.24, 2.45) is 0 Å². The number of piperidine rings is 2. The van der Waals surface area contributed by atoms with Crippen LogP contribution in [0.2, 0.25) is 0 Å². The third-order valence-electron chi connectivity index (χ3n) is 7.13. The van der Waals surface area contributed by atoms with Crippen molar-refractivity contribution in [3.63, 3.8) is 0 Å². The van der Waals surface area contributed by atoms with E-state index in [1.165, 1.54) is 15.6 Å². The summed E-state index contributed by atoms with van der Waals surface area (Å²) in [4.78, 5) is 21.9. The quantitative estimate of drug-likeness (QED) is 0.577. The van der Waals surface area contributed by atoms with Gasteiger partial charge in [-0.25, -0.2) is 13.4 Å². The Labute approximate surface area is 210 Å². The van der Waals surface area contributed by atoms with Gasteiger partial charge in [0, 0.05) is 62.5 Å². The molecule has 5 rings (SSSR count). The zero-order valence-electron chi connectivity index (χ0n) is 19.8. The van der Waals surface area contributed by atoms with E-state index in [1.807, 2.05) is 10.3 Å². The zero-order valence-corrected chi connectivity index (χ0v) is 21.4. The van der Waals surface area contributed by atoms with Gasteiger partial charge in [-0.05, 0) is 49.9 Å². The maximum atomic E-state index is 13.1.